The molecule has 0 spiro atoms. The van der Waals surface area contributed by atoms with Gasteiger partial charge in [0.25, 0.3) is 0 Å². The van der Waals surface area contributed by atoms with Gasteiger partial charge < -0.3 is 24.8 Å². The van der Waals surface area contributed by atoms with Gasteiger partial charge in [-0.05, 0) is 49.7 Å². The lowest BCUT2D eigenvalue weighted by Gasteiger charge is -2.39. The second-order valence-corrected chi connectivity index (χ2v) is 11.9. The first-order valence-corrected chi connectivity index (χ1v) is 15.0. The predicted molar refractivity (Wildman–Crippen MR) is 161 cm³/mol. The summed E-state index contributed by atoms with van der Waals surface area (Å²) in [6, 6.07) is 14.0. The van der Waals surface area contributed by atoms with Gasteiger partial charge in [0.15, 0.2) is 5.65 Å². The average molecular weight is 581 g/mol. The smallest absolute Gasteiger partial charge is 0.247 e. The van der Waals surface area contributed by atoms with Crippen LogP contribution in [0.5, 0.6) is 0 Å². The highest BCUT2D eigenvalue weighted by molar-refractivity contribution is 5.76. The molecule has 1 saturated carbocycles. The molecule has 12 heteroatoms. The van der Waals surface area contributed by atoms with Crippen molar-refractivity contribution in [1.82, 2.24) is 34.2 Å². The Hall–Kier alpha value is -4.47. The molecule has 43 heavy (non-hydrogen) atoms. The minimum Gasteiger partial charge on any atom is -0.373 e. The second kappa shape index (κ2) is 11.7. The van der Waals surface area contributed by atoms with Gasteiger partial charge in [0, 0.05) is 63.5 Å². The van der Waals surface area contributed by atoms with E-state index in [2.05, 4.69) is 44.5 Å². The van der Waals surface area contributed by atoms with E-state index in [0.717, 1.165) is 74.7 Å². The van der Waals surface area contributed by atoms with Crippen molar-refractivity contribution in [2.45, 2.75) is 32.1 Å². The van der Waals surface area contributed by atoms with E-state index in [1.165, 1.54) is 0 Å². The summed E-state index contributed by atoms with van der Waals surface area (Å²) in [4.78, 5) is 24.1. The Labute approximate surface area is 250 Å². The van der Waals surface area contributed by atoms with Gasteiger partial charge in [0.1, 0.15) is 6.54 Å². The third-order valence-corrected chi connectivity index (χ3v) is 9.00. The van der Waals surface area contributed by atoms with Gasteiger partial charge in [0.2, 0.25) is 11.9 Å². The lowest BCUT2D eigenvalue weighted by molar-refractivity contribution is -0.133. The molecule has 222 valence electrons. The summed E-state index contributed by atoms with van der Waals surface area (Å²) in [6.45, 7) is 5.90. The number of hydrogen-bond donors (Lipinski definition) is 1. The Kier molecular flexibility index (Phi) is 7.42. The molecule has 3 aromatic heterocycles. The zero-order chi connectivity index (χ0) is 29.3. The molecule has 3 aliphatic rings. The first kappa shape index (κ1) is 27.4. The van der Waals surface area contributed by atoms with Crippen molar-refractivity contribution in [2.24, 2.45) is 11.8 Å². The number of aromatic nitrogens is 5. The van der Waals surface area contributed by atoms with Gasteiger partial charge in [0.05, 0.1) is 41.9 Å². The summed E-state index contributed by atoms with van der Waals surface area (Å²) in [5, 5.41) is 21.4. The molecule has 1 N–H and O–H groups in total. The molecule has 1 aliphatic carbocycles. The van der Waals surface area contributed by atoms with E-state index in [1.807, 2.05) is 52.1 Å². The summed E-state index contributed by atoms with van der Waals surface area (Å²) in [7, 11) is 2.08. The lowest BCUT2D eigenvalue weighted by atomic mass is 9.94. The van der Waals surface area contributed by atoms with Gasteiger partial charge in [-0.15, -0.1) is 5.10 Å². The van der Waals surface area contributed by atoms with Crippen LogP contribution in [0.1, 0.15) is 24.0 Å². The molecule has 3 fully saturated rings. The number of nitrogens with one attached hydrogen (secondary N) is 1. The largest absolute Gasteiger partial charge is 0.373 e. The van der Waals surface area contributed by atoms with Crippen LogP contribution in [0, 0.1) is 23.2 Å². The number of pyridine rings is 1. The highest BCUT2D eigenvalue weighted by Crippen LogP contribution is 2.41. The van der Waals surface area contributed by atoms with Gasteiger partial charge in [-0.2, -0.15) is 15.3 Å². The summed E-state index contributed by atoms with van der Waals surface area (Å²) >= 11 is 0. The van der Waals surface area contributed by atoms with Crippen molar-refractivity contribution in [3.8, 4) is 6.07 Å². The molecular weight excluding hydrogens is 544 g/mol. The molecule has 2 aliphatic heterocycles. The first-order valence-electron chi connectivity index (χ1n) is 15.0. The van der Waals surface area contributed by atoms with Crippen LogP contribution in [0.15, 0.2) is 55.0 Å². The molecule has 2 saturated heterocycles. The molecular formula is C31H36N10O2. The van der Waals surface area contributed by atoms with Crippen LogP contribution in [0.4, 0.5) is 17.3 Å². The van der Waals surface area contributed by atoms with E-state index in [1.54, 1.807) is 10.9 Å². The maximum absolute atomic E-state index is 12.7. The zero-order valence-electron chi connectivity index (χ0n) is 24.3. The Morgan fingerprint density at radius 2 is 1.86 bits per heavy atom. The number of nitriles is 1. The minimum atomic E-state index is 0.0793. The van der Waals surface area contributed by atoms with Crippen molar-refractivity contribution < 1.29 is 9.53 Å². The maximum Gasteiger partial charge on any atom is 0.247 e. The number of nitrogens with zero attached hydrogens (tertiary/aromatic N) is 9. The van der Waals surface area contributed by atoms with Crippen LogP contribution in [0.3, 0.4) is 0 Å². The highest BCUT2D eigenvalue weighted by atomic mass is 16.5. The number of rotatable bonds is 8. The maximum atomic E-state index is 12.7. The number of amides is 1. The summed E-state index contributed by atoms with van der Waals surface area (Å²) in [5.41, 5.74) is 4.38. The Bertz CT molecular complexity index is 1620. The fraction of sp³-hybridized carbons (Fsp3) is 0.452. The third-order valence-electron chi connectivity index (χ3n) is 9.00. The van der Waals surface area contributed by atoms with Gasteiger partial charge in [-0.3, -0.25) is 9.48 Å². The van der Waals surface area contributed by atoms with Crippen molar-refractivity contribution in [3.63, 3.8) is 0 Å². The summed E-state index contributed by atoms with van der Waals surface area (Å²) in [6.07, 6.45) is 7.98. The number of hydrogen-bond acceptors (Lipinski definition) is 9. The fourth-order valence-corrected chi connectivity index (χ4v) is 6.64. The summed E-state index contributed by atoms with van der Waals surface area (Å²) in [5.74, 6) is 1.48. The zero-order valence-corrected chi connectivity index (χ0v) is 24.3. The van der Waals surface area contributed by atoms with E-state index in [0.29, 0.717) is 30.0 Å². The summed E-state index contributed by atoms with van der Waals surface area (Å²) < 4.78 is 9.92. The first-order chi connectivity index (χ1) is 21.0. The van der Waals surface area contributed by atoms with Crippen molar-refractivity contribution in [1.29, 1.82) is 5.26 Å². The van der Waals surface area contributed by atoms with Crippen molar-refractivity contribution in [3.05, 3.63) is 66.1 Å². The Morgan fingerprint density at radius 1 is 1.09 bits per heavy atom. The quantitative estimate of drug-likeness (QED) is 0.335. The normalized spacial score (nSPS) is 22.2. The molecule has 3 atom stereocenters. The molecule has 7 rings (SSSR count). The predicted octanol–water partition coefficient (Wildman–Crippen LogP) is 2.75. The molecule has 2 bridgehead atoms. The van der Waals surface area contributed by atoms with Crippen LogP contribution in [-0.4, -0.2) is 92.5 Å². The minimum absolute atomic E-state index is 0.0793. The van der Waals surface area contributed by atoms with Crippen LogP contribution in [0.2, 0.25) is 0 Å². The van der Waals surface area contributed by atoms with E-state index < -0.39 is 0 Å². The SMILES string of the molecule is CN1CCN(C(=O)Cn2cc(Nc3nc4c(N5C[C@H]6CC[C@@H](C5)C6OCc5ccc(C#N)cc5)cccn4n3)cn2)CC1. The molecule has 12 nitrogen and oxygen atoms in total. The Balaban J connectivity index is 0.991. The number of anilines is 3. The van der Waals surface area contributed by atoms with Crippen LogP contribution in [-0.2, 0) is 22.7 Å². The van der Waals surface area contributed by atoms with Crippen LogP contribution < -0.4 is 10.2 Å². The molecule has 1 aromatic carbocycles. The molecule has 4 aromatic rings. The molecule has 1 unspecified atom stereocenters. The molecule has 1 amide bonds. The van der Waals surface area contributed by atoms with E-state index >= 15 is 0 Å². The van der Waals surface area contributed by atoms with Crippen molar-refractivity contribution >= 4 is 28.9 Å². The number of likely N-dealkylation sites (N-methyl/N-ethyl adjacent to an activating group) is 1. The molecule has 5 heterocycles. The third kappa shape index (κ3) is 5.78. The number of piperazine rings is 1. The Morgan fingerprint density at radius 3 is 2.60 bits per heavy atom. The number of fused-ring (bicyclic) bond motifs is 3. The van der Waals surface area contributed by atoms with E-state index in [-0.39, 0.29) is 18.6 Å². The van der Waals surface area contributed by atoms with Gasteiger partial charge in [-0.25, -0.2) is 4.52 Å². The highest BCUT2D eigenvalue weighted by Gasteiger charge is 2.43. The van der Waals surface area contributed by atoms with Crippen LogP contribution in [0.25, 0.3) is 5.65 Å². The number of carbonyl (C=O) groups excluding carboxylic acids is 1. The second-order valence-electron chi connectivity index (χ2n) is 11.9. The average Bonchev–Trinajstić information content (AvgIpc) is 3.71. The monoisotopic (exact) mass is 580 g/mol. The van der Waals surface area contributed by atoms with Crippen molar-refractivity contribution in [2.75, 3.05) is 56.5 Å². The van der Waals surface area contributed by atoms with Gasteiger partial charge >= 0.3 is 0 Å². The lowest BCUT2D eigenvalue weighted by Crippen LogP contribution is -2.48. The van der Waals surface area contributed by atoms with Gasteiger partial charge in [-0.1, -0.05) is 12.1 Å². The van der Waals surface area contributed by atoms with Crippen LogP contribution >= 0.6 is 0 Å². The number of ether oxygens (including phenoxy) is 1. The topological polar surface area (TPSA) is 120 Å². The molecule has 0 radical (unpaired) electrons. The van der Waals surface area contributed by atoms with E-state index in [4.69, 9.17) is 15.0 Å². The fourth-order valence-electron chi connectivity index (χ4n) is 6.64. The standard InChI is InChI=1S/C31H36N10O2/c1-37-11-13-38(14-12-37)28(42)20-40-19-26(16-33-40)34-31-35-30-27(3-2-10-41(30)36-31)39-17-24-8-9-25(18-39)29(24)43-21-23-6-4-22(15-32)5-7-23/h2-7,10,16,19,24-25,29H,8-9,11-14,17-18,20-21H2,1H3,(H,34,36)/t24-,25+,29?. The number of carbonyl (C=O) groups is 1. The number of benzene rings is 1. The number of piperidine rings is 1. The van der Waals surface area contributed by atoms with E-state index in [9.17, 15) is 4.79 Å².